The highest BCUT2D eigenvalue weighted by atomic mass is 35.5. The van der Waals surface area contributed by atoms with Gasteiger partial charge in [0.2, 0.25) is 18.6 Å². The molecule has 134 valence electrons. The number of nitrogens with zero attached hydrogens (tertiary/aromatic N) is 2. The van der Waals surface area contributed by atoms with E-state index in [0.717, 1.165) is 11.3 Å². The lowest BCUT2D eigenvalue weighted by Crippen LogP contribution is -2.24. The van der Waals surface area contributed by atoms with Crippen molar-refractivity contribution in [2.75, 3.05) is 6.79 Å². The van der Waals surface area contributed by atoms with Crippen molar-refractivity contribution in [3.05, 3.63) is 45.4 Å². The Hall–Kier alpha value is -2.85. The summed E-state index contributed by atoms with van der Waals surface area (Å²) in [6.07, 6.45) is 0. The zero-order valence-electron chi connectivity index (χ0n) is 14.5. The van der Waals surface area contributed by atoms with Crippen LogP contribution in [0.1, 0.15) is 43.5 Å². The molecule has 0 aliphatic carbocycles. The van der Waals surface area contributed by atoms with E-state index < -0.39 is 5.92 Å². The molecule has 0 fully saturated rings. The first-order valence-corrected chi connectivity index (χ1v) is 8.44. The molecule has 1 aromatic carbocycles. The van der Waals surface area contributed by atoms with Crippen molar-refractivity contribution < 1.29 is 14.2 Å². The smallest absolute Gasteiger partial charge is 0.244 e. The van der Waals surface area contributed by atoms with Gasteiger partial charge in [0.25, 0.3) is 0 Å². The van der Waals surface area contributed by atoms with Crippen molar-refractivity contribution in [3.8, 4) is 23.4 Å². The Balaban J connectivity index is 1.99. The van der Waals surface area contributed by atoms with Crippen LogP contribution < -0.4 is 19.9 Å². The second-order valence-electron chi connectivity index (χ2n) is 7.22. The van der Waals surface area contributed by atoms with Gasteiger partial charge in [0.1, 0.15) is 11.6 Å². The second kappa shape index (κ2) is 5.58. The maximum absolute atomic E-state index is 9.74. The van der Waals surface area contributed by atoms with Gasteiger partial charge in [-0.3, -0.25) is 5.10 Å². The van der Waals surface area contributed by atoms with Gasteiger partial charge in [-0.25, -0.2) is 0 Å². The van der Waals surface area contributed by atoms with Crippen LogP contribution in [-0.4, -0.2) is 17.0 Å². The molecule has 0 spiro atoms. The fraction of sp³-hybridized carbons (Fsp3) is 0.333. The predicted octanol–water partition coefficient (Wildman–Crippen LogP) is 3.31. The number of H-pyrrole nitrogens is 1. The fourth-order valence-corrected chi connectivity index (χ4v) is 3.54. The third-order valence-electron chi connectivity index (χ3n) is 4.49. The Labute approximate surface area is 155 Å². The number of fused-ring (bicyclic) bond motifs is 2. The van der Waals surface area contributed by atoms with Crippen LogP contribution >= 0.6 is 11.6 Å². The largest absolute Gasteiger partial charge is 0.454 e. The van der Waals surface area contributed by atoms with Gasteiger partial charge in [-0.2, -0.15) is 5.26 Å². The molecule has 1 aromatic heterocycles. The van der Waals surface area contributed by atoms with Gasteiger partial charge in [-0.05, 0) is 11.6 Å². The quantitative estimate of drug-likeness (QED) is 0.795. The molecule has 26 heavy (non-hydrogen) atoms. The molecule has 0 bridgehead atoms. The Morgan fingerprint density at radius 3 is 2.65 bits per heavy atom. The Morgan fingerprint density at radius 1 is 1.31 bits per heavy atom. The number of halogens is 1. The highest BCUT2D eigenvalue weighted by molar-refractivity contribution is 6.31. The van der Waals surface area contributed by atoms with Crippen molar-refractivity contribution in [2.45, 2.75) is 32.1 Å². The number of hydrogen-bond donors (Lipinski definition) is 2. The van der Waals surface area contributed by atoms with Gasteiger partial charge in [0.05, 0.1) is 11.5 Å². The molecule has 0 radical (unpaired) electrons. The minimum absolute atomic E-state index is 0.0192. The van der Waals surface area contributed by atoms with Crippen LogP contribution in [0, 0.1) is 11.3 Å². The minimum Gasteiger partial charge on any atom is -0.454 e. The van der Waals surface area contributed by atoms with Gasteiger partial charge >= 0.3 is 0 Å². The van der Waals surface area contributed by atoms with Crippen molar-refractivity contribution in [2.24, 2.45) is 5.73 Å². The van der Waals surface area contributed by atoms with Crippen LogP contribution in [0.25, 0.3) is 0 Å². The maximum Gasteiger partial charge on any atom is 0.244 e. The third kappa shape index (κ3) is 2.37. The molecule has 3 heterocycles. The molecule has 2 aliphatic heterocycles. The molecule has 0 saturated carbocycles. The van der Waals surface area contributed by atoms with Gasteiger partial charge < -0.3 is 19.9 Å². The Morgan fingerprint density at radius 2 is 2.00 bits per heavy atom. The van der Waals surface area contributed by atoms with E-state index in [-0.39, 0.29) is 23.7 Å². The summed E-state index contributed by atoms with van der Waals surface area (Å²) in [6.45, 7) is 6.28. The van der Waals surface area contributed by atoms with Crippen molar-refractivity contribution in [1.29, 1.82) is 5.26 Å². The van der Waals surface area contributed by atoms with Crippen LogP contribution in [0.5, 0.6) is 17.4 Å². The van der Waals surface area contributed by atoms with Crippen molar-refractivity contribution >= 4 is 11.6 Å². The summed E-state index contributed by atoms with van der Waals surface area (Å²) in [6, 6.07) is 5.64. The standard InChI is InChI=1S/C18H17ClN4O3/c1-18(2,3)15-14-13(9(6-20)16(21)26-17(14)23-22-15)8-4-11-12(5-10(8)19)25-7-24-11/h4-5,13H,7,21H2,1-3H3,(H,22,23)/t13-/m1/s1. The number of nitrogens with one attached hydrogen (secondary N) is 1. The van der Waals surface area contributed by atoms with E-state index in [1.54, 1.807) is 12.1 Å². The number of ether oxygens (including phenoxy) is 3. The molecular weight excluding hydrogens is 356 g/mol. The molecule has 3 N–H and O–H groups in total. The number of nitrogens with two attached hydrogens (primary N) is 1. The van der Waals surface area contributed by atoms with Crippen molar-refractivity contribution in [1.82, 2.24) is 10.2 Å². The van der Waals surface area contributed by atoms with Crippen LogP contribution in [0.4, 0.5) is 0 Å². The number of aromatic nitrogens is 2. The molecule has 8 heteroatoms. The van der Waals surface area contributed by atoms with Crippen LogP contribution in [0.2, 0.25) is 5.02 Å². The van der Waals surface area contributed by atoms with E-state index in [1.165, 1.54) is 0 Å². The Kier molecular flexibility index (Phi) is 3.56. The average Bonchev–Trinajstić information content (AvgIpc) is 3.18. The van der Waals surface area contributed by atoms with E-state index in [2.05, 4.69) is 16.3 Å². The molecule has 1 atom stereocenters. The summed E-state index contributed by atoms with van der Waals surface area (Å²) in [5.74, 6) is 1.01. The van der Waals surface area contributed by atoms with Crippen LogP contribution in [0.15, 0.2) is 23.6 Å². The van der Waals surface area contributed by atoms with E-state index in [4.69, 9.17) is 31.5 Å². The average molecular weight is 373 g/mol. The molecule has 0 unspecified atom stereocenters. The number of aromatic amines is 1. The zero-order chi connectivity index (χ0) is 18.6. The van der Waals surface area contributed by atoms with Gasteiger partial charge in [0.15, 0.2) is 11.5 Å². The summed E-state index contributed by atoms with van der Waals surface area (Å²) in [7, 11) is 0. The topological polar surface area (TPSA) is 106 Å². The van der Waals surface area contributed by atoms with E-state index in [1.807, 2.05) is 20.8 Å². The first-order valence-electron chi connectivity index (χ1n) is 8.06. The fourth-order valence-electron chi connectivity index (χ4n) is 3.28. The lowest BCUT2D eigenvalue weighted by Gasteiger charge is -2.28. The lowest BCUT2D eigenvalue weighted by molar-refractivity contribution is 0.174. The lowest BCUT2D eigenvalue weighted by atomic mass is 9.78. The van der Waals surface area contributed by atoms with E-state index >= 15 is 0 Å². The van der Waals surface area contributed by atoms with Crippen LogP contribution in [0.3, 0.4) is 0 Å². The minimum atomic E-state index is -0.515. The normalized spacial score (nSPS) is 18.3. The van der Waals surface area contributed by atoms with Gasteiger partial charge in [-0.1, -0.05) is 32.4 Å². The molecule has 0 amide bonds. The molecule has 7 nitrogen and oxygen atoms in total. The Bertz CT molecular complexity index is 982. The number of hydrogen-bond acceptors (Lipinski definition) is 6. The van der Waals surface area contributed by atoms with Crippen molar-refractivity contribution in [3.63, 3.8) is 0 Å². The number of allylic oxidation sites excluding steroid dienone is 1. The molecule has 2 aliphatic rings. The molecule has 2 aromatic rings. The summed E-state index contributed by atoms with van der Waals surface area (Å²) in [5, 5.41) is 17.5. The number of benzene rings is 1. The second-order valence-corrected chi connectivity index (χ2v) is 7.63. The molecule has 4 rings (SSSR count). The first kappa shape index (κ1) is 16.6. The SMILES string of the molecule is CC(C)(C)c1[nH]nc2c1[C@H](c1cc3c(cc1Cl)OCO3)C(C#N)=C(N)O2. The molecule has 0 saturated heterocycles. The third-order valence-corrected chi connectivity index (χ3v) is 4.82. The monoisotopic (exact) mass is 372 g/mol. The first-order chi connectivity index (χ1) is 12.3. The van der Waals surface area contributed by atoms with Gasteiger partial charge in [-0.15, -0.1) is 5.10 Å². The highest BCUT2D eigenvalue weighted by Crippen LogP contribution is 2.49. The zero-order valence-corrected chi connectivity index (χ0v) is 15.3. The predicted molar refractivity (Wildman–Crippen MR) is 94.2 cm³/mol. The summed E-state index contributed by atoms with van der Waals surface area (Å²) in [4.78, 5) is 0. The number of nitriles is 1. The maximum atomic E-state index is 9.74. The van der Waals surface area contributed by atoms with E-state index in [9.17, 15) is 5.26 Å². The van der Waals surface area contributed by atoms with Crippen LogP contribution in [-0.2, 0) is 5.41 Å². The summed E-state index contributed by atoms with van der Waals surface area (Å²) >= 11 is 6.53. The molecular formula is C18H17ClN4O3. The highest BCUT2D eigenvalue weighted by Gasteiger charge is 2.39. The summed E-state index contributed by atoms with van der Waals surface area (Å²) < 4.78 is 16.4. The summed E-state index contributed by atoms with van der Waals surface area (Å²) in [5.41, 5.74) is 8.32. The number of rotatable bonds is 1. The van der Waals surface area contributed by atoms with E-state index in [0.29, 0.717) is 28.0 Å². The van der Waals surface area contributed by atoms with Gasteiger partial charge in [0, 0.05) is 22.2 Å².